The summed E-state index contributed by atoms with van der Waals surface area (Å²) in [5.74, 6) is -0.621. The molecule has 1 N–H and O–H groups in total. The van der Waals surface area contributed by atoms with Crippen LogP contribution in [0.1, 0.15) is 24.2 Å². The summed E-state index contributed by atoms with van der Waals surface area (Å²) in [4.78, 5) is 11.3. The van der Waals surface area contributed by atoms with Crippen LogP contribution in [0.3, 0.4) is 0 Å². The standard InChI is InChI=1S/C11H13BrO3/c1-3-15-11(14)10(13)8-6-7(2)4-5-9(8)12/h4-6,10,13H,3H2,1-2H3. The topological polar surface area (TPSA) is 46.5 Å². The molecule has 1 atom stereocenters. The largest absolute Gasteiger partial charge is 0.464 e. The predicted molar refractivity (Wildman–Crippen MR) is 60.5 cm³/mol. The van der Waals surface area contributed by atoms with Crippen molar-refractivity contribution < 1.29 is 14.6 Å². The number of carbonyl (C=O) groups is 1. The molecule has 1 unspecified atom stereocenters. The average molecular weight is 273 g/mol. The van der Waals surface area contributed by atoms with Gasteiger partial charge in [-0.15, -0.1) is 0 Å². The van der Waals surface area contributed by atoms with Crippen molar-refractivity contribution in [1.82, 2.24) is 0 Å². The third-order valence-electron chi connectivity index (χ3n) is 1.96. The van der Waals surface area contributed by atoms with Crippen LogP contribution >= 0.6 is 15.9 Å². The Morgan fingerprint density at radius 3 is 2.87 bits per heavy atom. The molecule has 0 spiro atoms. The molecule has 0 aromatic heterocycles. The van der Waals surface area contributed by atoms with Crippen LogP contribution in [0.5, 0.6) is 0 Å². The van der Waals surface area contributed by atoms with Crippen LogP contribution < -0.4 is 0 Å². The fourth-order valence-corrected chi connectivity index (χ4v) is 1.68. The third-order valence-corrected chi connectivity index (χ3v) is 2.68. The maximum atomic E-state index is 11.3. The number of aliphatic hydroxyl groups excluding tert-OH is 1. The second-order valence-corrected chi connectivity index (χ2v) is 4.03. The van der Waals surface area contributed by atoms with Crippen LogP contribution in [0.15, 0.2) is 22.7 Å². The van der Waals surface area contributed by atoms with Crippen molar-refractivity contribution >= 4 is 21.9 Å². The molecule has 0 bridgehead atoms. The van der Waals surface area contributed by atoms with Gasteiger partial charge in [0.05, 0.1) is 6.61 Å². The van der Waals surface area contributed by atoms with Crippen LogP contribution in [0.25, 0.3) is 0 Å². The van der Waals surface area contributed by atoms with E-state index in [0.717, 1.165) is 5.56 Å². The lowest BCUT2D eigenvalue weighted by Crippen LogP contribution is -2.15. The van der Waals surface area contributed by atoms with Crippen molar-refractivity contribution in [2.45, 2.75) is 20.0 Å². The normalized spacial score (nSPS) is 12.3. The van der Waals surface area contributed by atoms with Gasteiger partial charge in [-0.3, -0.25) is 0 Å². The number of carbonyl (C=O) groups excluding carboxylic acids is 1. The summed E-state index contributed by atoms with van der Waals surface area (Å²) in [5, 5.41) is 9.72. The number of aryl methyl sites for hydroxylation is 1. The van der Waals surface area contributed by atoms with Crippen LogP contribution in [0.4, 0.5) is 0 Å². The van der Waals surface area contributed by atoms with Crippen molar-refractivity contribution in [3.63, 3.8) is 0 Å². The zero-order valence-electron chi connectivity index (χ0n) is 8.66. The molecule has 4 heteroatoms. The molecule has 0 aliphatic rings. The molecule has 0 saturated carbocycles. The van der Waals surface area contributed by atoms with Gasteiger partial charge in [-0.2, -0.15) is 0 Å². The Bertz CT molecular complexity index is 363. The molecule has 0 radical (unpaired) electrons. The summed E-state index contributed by atoms with van der Waals surface area (Å²) >= 11 is 3.28. The predicted octanol–water partition coefficient (Wildman–Crippen LogP) is 2.35. The van der Waals surface area contributed by atoms with Crippen LogP contribution in [-0.2, 0) is 9.53 Å². The highest BCUT2D eigenvalue weighted by atomic mass is 79.9. The lowest BCUT2D eigenvalue weighted by Gasteiger charge is -2.12. The zero-order chi connectivity index (χ0) is 11.4. The number of rotatable bonds is 3. The minimum Gasteiger partial charge on any atom is -0.464 e. The van der Waals surface area contributed by atoms with Gasteiger partial charge in [0.15, 0.2) is 6.10 Å². The zero-order valence-corrected chi connectivity index (χ0v) is 10.2. The minimum absolute atomic E-state index is 0.263. The molecule has 0 amide bonds. The highest BCUT2D eigenvalue weighted by molar-refractivity contribution is 9.10. The molecule has 82 valence electrons. The van der Waals surface area contributed by atoms with Gasteiger partial charge in [-0.1, -0.05) is 33.6 Å². The smallest absolute Gasteiger partial charge is 0.339 e. The number of ether oxygens (including phenoxy) is 1. The number of hydrogen-bond acceptors (Lipinski definition) is 3. The number of esters is 1. The fraction of sp³-hybridized carbons (Fsp3) is 0.364. The van der Waals surface area contributed by atoms with Gasteiger partial charge in [0.2, 0.25) is 0 Å². The van der Waals surface area contributed by atoms with Crippen molar-refractivity contribution in [2.75, 3.05) is 6.61 Å². The van der Waals surface area contributed by atoms with Gasteiger partial charge in [0.1, 0.15) is 0 Å². The molecule has 3 nitrogen and oxygen atoms in total. The quantitative estimate of drug-likeness (QED) is 0.860. The molecule has 0 aliphatic heterocycles. The van der Waals surface area contributed by atoms with Crippen molar-refractivity contribution in [2.24, 2.45) is 0 Å². The highest BCUT2D eigenvalue weighted by Crippen LogP contribution is 2.25. The number of hydrogen-bond donors (Lipinski definition) is 1. The summed E-state index contributed by atoms with van der Waals surface area (Å²) < 4.78 is 5.45. The van der Waals surface area contributed by atoms with Gasteiger partial charge >= 0.3 is 5.97 Å². The summed E-state index contributed by atoms with van der Waals surface area (Å²) in [6.07, 6.45) is -1.22. The Hall–Kier alpha value is -0.870. The lowest BCUT2D eigenvalue weighted by atomic mass is 10.1. The molecular formula is C11H13BrO3. The van der Waals surface area contributed by atoms with E-state index < -0.39 is 12.1 Å². The molecule has 0 heterocycles. The van der Waals surface area contributed by atoms with Crippen LogP contribution in [-0.4, -0.2) is 17.7 Å². The first-order valence-electron chi connectivity index (χ1n) is 4.67. The molecule has 0 saturated heterocycles. The SMILES string of the molecule is CCOC(=O)C(O)c1cc(C)ccc1Br. The van der Waals surface area contributed by atoms with E-state index >= 15 is 0 Å². The summed E-state index contributed by atoms with van der Waals surface area (Å²) in [6.45, 7) is 3.86. The van der Waals surface area contributed by atoms with Crippen molar-refractivity contribution in [3.05, 3.63) is 33.8 Å². The van der Waals surface area contributed by atoms with Crippen molar-refractivity contribution in [1.29, 1.82) is 0 Å². The number of benzene rings is 1. The first kappa shape index (κ1) is 12.2. The molecule has 0 aliphatic carbocycles. The number of aliphatic hydroxyl groups is 1. The Morgan fingerprint density at radius 1 is 1.60 bits per heavy atom. The van der Waals surface area contributed by atoms with E-state index in [1.807, 2.05) is 13.0 Å². The van der Waals surface area contributed by atoms with E-state index in [4.69, 9.17) is 4.74 Å². The van der Waals surface area contributed by atoms with E-state index in [9.17, 15) is 9.90 Å². The van der Waals surface area contributed by atoms with Gasteiger partial charge in [-0.25, -0.2) is 4.79 Å². The number of halogens is 1. The first-order chi connectivity index (χ1) is 7.06. The van der Waals surface area contributed by atoms with Crippen LogP contribution in [0.2, 0.25) is 0 Å². The summed E-state index contributed by atoms with van der Waals surface area (Å²) in [6, 6.07) is 5.45. The van der Waals surface area contributed by atoms with Gasteiger partial charge in [0, 0.05) is 10.0 Å². The Kier molecular flexibility index (Phi) is 4.29. The summed E-state index contributed by atoms with van der Waals surface area (Å²) in [5.41, 5.74) is 1.52. The van der Waals surface area contributed by atoms with E-state index in [1.165, 1.54) is 0 Å². The molecule has 1 rings (SSSR count). The fourth-order valence-electron chi connectivity index (χ4n) is 1.22. The lowest BCUT2D eigenvalue weighted by molar-refractivity contribution is -0.153. The minimum atomic E-state index is -1.22. The van der Waals surface area contributed by atoms with Gasteiger partial charge < -0.3 is 9.84 Å². The molecule has 15 heavy (non-hydrogen) atoms. The Balaban J connectivity index is 2.94. The van der Waals surface area contributed by atoms with E-state index in [-0.39, 0.29) is 6.61 Å². The average Bonchev–Trinajstić information content (AvgIpc) is 2.21. The van der Waals surface area contributed by atoms with Crippen molar-refractivity contribution in [3.8, 4) is 0 Å². The molecule has 1 aromatic rings. The second kappa shape index (κ2) is 5.28. The monoisotopic (exact) mass is 272 g/mol. The third kappa shape index (κ3) is 3.04. The Labute approximate surface area is 97.2 Å². The van der Waals surface area contributed by atoms with Gasteiger partial charge in [0.25, 0.3) is 0 Å². The Morgan fingerprint density at radius 2 is 2.27 bits per heavy atom. The van der Waals surface area contributed by atoms with Crippen LogP contribution in [0, 0.1) is 6.92 Å². The molecule has 0 fully saturated rings. The maximum absolute atomic E-state index is 11.3. The van der Waals surface area contributed by atoms with E-state index in [0.29, 0.717) is 10.0 Å². The maximum Gasteiger partial charge on any atom is 0.339 e. The highest BCUT2D eigenvalue weighted by Gasteiger charge is 2.20. The van der Waals surface area contributed by atoms with E-state index in [1.54, 1.807) is 19.1 Å². The molecular weight excluding hydrogens is 260 g/mol. The summed E-state index contributed by atoms with van der Waals surface area (Å²) in [7, 11) is 0. The molecule has 1 aromatic carbocycles. The first-order valence-corrected chi connectivity index (χ1v) is 5.46. The van der Waals surface area contributed by atoms with E-state index in [2.05, 4.69) is 15.9 Å². The second-order valence-electron chi connectivity index (χ2n) is 3.18. The van der Waals surface area contributed by atoms with Gasteiger partial charge in [-0.05, 0) is 19.9 Å².